The van der Waals surface area contributed by atoms with Crippen LogP contribution < -0.4 is 9.47 Å². The molecule has 1 heterocycles. The van der Waals surface area contributed by atoms with Crippen LogP contribution in [0.25, 0.3) is 0 Å². The number of rotatable bonds is 3. The van der Waals surface area contributed by atoms with Gasteiger partial charge in [-0.15, -0.1) is 0 Å². The van der Waals surface area contributed by atoms with Crippen molar-refractivity contribution in [3.05, 3.63) is 22.8 Å². The van der Waals surface area contributed by atoms with Crippen molar-refractivity contribution in [2.75, 3.05) is 7.11 Å². The van der Waals surface area contributed by atoms with E-state index in [0.717, 1.165) is 31.2 Å². The van der Waals surface area contributed by atoms with E-state index in [0.29, 0.717) is 24.2 Å². The van der Waals surface area contributed by atoms with Crippen LogP contribution in [0.3, 0.4) is 0 Å². The van der Waals surface area contributed by atoms with Crippen molar-refractivity contribution >= 4 is 12.3 Å². The lowest BCUT2D eigenvalue weighted by molar-refractivity contribution is 0.0517. The molecule has 112 valence electrons. The second-order valence-electron chi connectivity index (χ2n) is 5.79. The molecular weight excluding hydrogens is 272 g/mol. The van der Waals surface area contributed by atoms with Gasteiger partial charge in [-0.2, -0.15) is 0 Å². The molecule has 0 amide bonds. The first-order chi connectivity index (χ1) is 10.1. The van der Waals surface area contributed by atoms with Gasteiger partial charge in [0.05, 0.1) is 18.2 Å². The van der Waals surface area contributed by atoms with Crippen molar-refractivity contribution in [1.82, 2.24) is 0 Å². The van der Waals surface area contributed by atoms with Gasteiger partial charge in [0.15, 0.2) is 6.29 Å². The summed E-state index contributed by atoms with van der Waals surface area (Å²) in [6.07, 6.45) is 6.52. The van der Waals surface area contributed by atoms with E-state index < -0.39 is 5.97 Å². The zero-order valence-corrected chi connectivity index (χ0v) is 12.0. The molecule has 0 radical (unpaired) electrons. The molecule has 1 fully saturated rings. The Morgan fingerprint density at radius 3 is 2.67 bits per heavy atom. The van der Waals surface area contributed by atoms with Crippen molar-refractivity contribution in [1.29, 1.82) is 0 Å². The van der Waals surface area contributed by atoms with E-state index in [9.17, 15) is 14.7 Å². The quantitative estimate of drug-likeness (QED) is 0.867. The Morgan fingerprint density at radius 1 is 1.38 bits per heavy atom. The SMILES string of the molecule is COc1cc(C(=O)O)c(C=O)c2c1CC1(CCCCC1)O2. The van der Waals surface area contributed by atoms with Gasteiger partial charge >= 0.3 is 5.97 Å². The number of methoxy groups -OCH3 is 1. The second kappa shape index (κ2) is 5.06. The minimum Gasteiger partial charge on any atom is -0.496 e. The van der Waals surface area contributed by atoms with Crippen molar-refractivity contribution in [3.8, 4) is 11.5 Å². The highest BCUT2D eigenvalue weighted by molar-refractivity contribution is 6.00. The fourth-order valence-electron chi connectivity index (χ4n) is 3.50. The number of carboxylic acid groups (broad SMARTS) is 1. The lowest BCUT2D eigenvalue weighted by Crippen LogP contribution is -2.36. The van der Waals surface area contributed by atoms with Gasteiger partial charge in [0, 0.05) is 12.0 Å². The molecule has 5 nitrogen and oxygen atoms in total. The molecule has 0 aromatic heterocycles. The van der Waals surface area contributed by atoms with Crippen LogP contribution >= 0.6 is 0 Å². The third kappa shape index (κ3) is 2.17. The summed E-state index contributed by atoms with van der Waals surface area (Å²) in [7, 11) is 1.51. The largest absolute Gasteiger partial charge is 0.496 e. The fourth-order valence-corrected chi connectivity index (χ4v) is 3.50. The highest BCUT2D eigenvalue weighted by atomic mass is 16.5. The monoisotopic (exact) mass is 290 g/mol. The second-order valence-corrected chi connectivity index (χ2v) is 5.79. The highest BCUT2D eigenvalue weighted by Gasteiger charge is 2.43. The van der Waals surface area contributed by atoms with Gasteiger partial charge in [-0.3, -0.25) is 4.79 Å². The number of carboxylic acids is 1. The molecule has 1 N–H and O–H groups in total. The van der Waals surface area contributed by atoms with E-state index >= 15 is 0 Å². The van der Waals surface area contributed by atoms with Crippen LogP contribution in [0, 0.1) is 0 Å². The minimum absolute atomic E-state index is 0.0616. The maximum Gasteiger partial charge on any atom is 0.336 e. The standard InChI is InChI=1S/C16H18O5/c1-20-13-7-10(15(18)19)12(9-17)14-11(13)8-16(21-14)5-3-2-4-6-16/h7,9H,2-6,8H2,1H3,(H,18,19). The van der Waals surface area contributed by atoms with Gasteiger partial charge < -0.3 is 14.6 Å². The number of hydrogen-bond acceptors (Lipinski definition) is 4. The summed E-state index contributed by atoms with van der Waals surface area (Å²) in [5.74, 6) is -0.245. The molecule has 1 aliphatic carbocycles. The third-order valence-electron chi connectivity index (χ3n) is 4.53. The van der Waals surface area contributed by atoms with Crippen LogP contribution in [0.2, 0.25) is 0 Å². The van der Waals surface area contributed by atoms with Crippen LogP contribution in [-0.2, 0) is 6.42 Å². The van der Waals surface area contributed by atoms with Crippen LogP contribution in [0.4, 0.5) is 0 Å². The Labute approximate surface area is 122 Å². The molecule has 0 saturated heterocycles. The van der Waals surface area contributed by atoms with Crippen molar-refractivity contribution in [2.24, 2.45) is 0 Å². The number of benzene rings is 1. The van der Waals surface area contributed by atoms with Crippen LogP contribution in [0.5, 0.6) is 11.5 Å². The zero-order chi connectivity index (χ0) is 15.0. The summed E-state index contributed by atoms with van der Waals surface area (Å²) in [4.78, 5) is 22.7. The smallest absolute Gasteiger partial charge is 0.336 e. The molecule has 5 heteroatoms. The van der Waals surface area contributed by atoms with Gasteiger partial charge in [0.25, 0.3) is 0 Å². The predicted molar refractivity (Wildman–Crippen MR) is 75.5 cm³/mol. The minimum atomic E-state index is -1.15. The maximum absolute atomic E-state index is 11.4. The lowest BCUT2D eigenvalue weighted by atomic mass is 9.81. The first-order valence-corrected chi connectivity index (χ1v) is 7.21. The lowest BCUT2D eigenvalue weighted by Gasteiger charge is -2.32. The fraction of sp³-hybridized carbons (Fsp3) is 0.500. The number of aldehydes is 1. The predicted octanol–water partition coefficient (Wildman–Crippen LogP) is 2.84. The van der Waals surface area contributed by atoms with E-state index in [4.69, 9.17) is 9.47 Å². The number of ether oxygens (including phenoxy) is 2. The van der Waals surface area contributed by atoms with Gasteiger partial charge in [-0.25, -0.2) is 4.79 Å². The van der Waals surface area contributed by atoms with Gasteiger partial charge in [-0.05, 0) is 31.7 Å². The topological polar surface area (TPSA) is 72.8 Å². The molecule has 0 unspecified atom stereocenters. The average molecular weight is 290 g/mol. The molecule has 0 bridgehead atoms. The molecule has 1 aromatic rings. The molecule has 1 aromatic carbocycles. The Morgan fingerprint density at radius 2 is 2.10 bits per heavy atom. The van der Waals surface area contributed by atoms with Crippen molar-refractivity contribution < 1.29 is 24.2 Å². The molecule has 0 atom stereocenters. The average Bonchev–Trinajstić information content (AvgIpc) is 2.84. The van der Waals surface area contributed by atoms with Crippen LogP contribution in [-0.4, -0.2) is 30.1 Å². The van der Waals surface area contributed by atoms with E-state index in [-0.39, 0.29) is 16.7 Å². The molecule has 1 saturated carbocycles. The highest BCUT2D eigenvalue weighted by Crippen LogP contribution is 2.48. The maximum atomic E-state index is 11.4. The number of aromatic carboxylic acids is 1. The Balaban J connectivity index is 2.12. The number of fused-ring (bicyclic) bond motifs is 1. The van der Waals surface area contributed by atoms with E-state index in [1.165, 1.54) is 19.6 Å². The normalized spacial score (nSPS) is 18.9. The molecule has 21 heavy (non-hydrogen) atoms. The Kier molecular flexibility index (Phi) is 3.35. The summed E-state index contributed by atoms with van der Waals surface area (Å²) < 4.78 is 11.4. The Hall–Kier alpha value is -2.04. The van der Waals surface area contributed by atoms with E-state index in [2.05, 4.69) is 0 Å². The summed E-state index contributed by atoms with van der Waals surface area (Å²) in [6, 6.07) is 1.43. The van der Waals surface area contributed by atoms with E-state index in [1.54, 1.807) is 0 Å². The Bertz CT molecular complexity index is 599. The first kappa shape index (κ1) is 13.9. The zero-order valence-electron chi connectivity index (χ0n) is 12.0. The van der Waals surface area contributed by atoms with Gasteiger partial charge in [-0.1, -0.05) is 6.42 Å². The van der Waals surface area contributed by atoms with Crippen molar-refractivity contribution in [3.63, 3.8) is 0 Å². The molecule has 1 spiro atoms. The van der Waals surface area contributed by atoms with Crippen LogP contribution in [0.1, 0.15) is 58.4 Å². The van der Waals surface area contributed by atoms with Crippen LogP contribution in [0.15, 0.2) is 6.07 Å². The summed E-state index contributed by atoms with van der Waals surface area (Å²) in [5, 5.41) is 9.28. The summed E-state index contributed by atoms with van der Waals surface area (Å²) in [5.41, 5.74) is 0.601. The number of carbonyl (C=O) groups is 2. The molecule has 2 aliphatic rings. The van der Waals surface area contributed by atoms with Gasteiger partial charge in [0.1, 0.15) is 17.1 Å². The number of hydrogen-bond donors (Lipinski definition) is 1. The molecule has 1 aliphatic heterocycles. The van der Waals surface area contributed by atoms with E-state index in [1.807, 2.05) is 0 Å². The molecular formula is C16H18O5. The first-order valence-electron chi connectivity index (χ1n) is 7.21. The summed E-state index contributed by atoms with van der Waals surface area (Å²) in [6.45, 7) is 0. The molecule has 3 rings (SSSR count). The van der Waals surface area contributed by atoms with Crippen molar-refractivity contribution in [2.45, 2.75) is 44.1 Å². The number of carbonyl (C=O) groups excluding carboxylic acids is 1. The summed E-state index contributed by atoms with van der Waals surface area (Å²) >= 11 is 0. The van der Waals surface area contributed by atoms with Gasteiger partial charge in [0.2, 0.25) is 0 Å². The third-order valence-corrected chi connectivity index (χ3v) is 4.53.